The van der Waals surface area contributed by atoms with Crippen molar-refractivity contribution in [2.45, 2.75) is 20.3 Å². The van der Waals surface area contributed by atoms with Crippen LogP contribution in [0.3, 0.4) is 0 Å². The summed E-state index contributed by atoms with van der Waals surface area (Å²) in [5.74, 6) is 1.01. The van der Waals surface area contributed by atoms with Crippen LogP contribution in [0, 0.1) is 13.8 Å². The van der Waals surface area contributed by atoms with E-state index in [4.69, 9.17) is 4.74 Å². The Hall–Kier alpha value is -1.07. The Morgan fingerprint density at radius 1 is 1.30 bits per heavy atom. The van der Waals surface area contributed by atoms with Crippen LogP contribution in [0.25, 0.3) is 0 Å². The number of aryl methyl sites for hydroxylation is 2. The van der Waals surface area contributed by atoms with E-state index >= 15 is 0 Å². The first-order valence-corrected chi connectivity index (χ1v) is 7.75. The van der Waals surface area contributed by atoms with E-state index < -0.39 is 0 Å². The van der Waals surface area contributed by atoms with Crippen LogP contribution >= 0.6 is 15.9 Å². The minimum atomic E-state index is 0.178. The second kappa shape index (κ2) is 7.09. The zero-order valence-corrected chi connectivity index (χ0v) is 13.6. The van der Waals surface area contributed by atoms with E-state index in [-0.39, 0.29) is 5.91 Å². The van der Waals surface area contributed by atoms with Crippen LogP contribution in [0.2, 0.25) is 0 Å². The molecule has 1 aromatic carbocycles. The lowest BCUT2D eigenvalue weighted by Crippen LogP contribution is -2.46. The summed E-state index contributed by atoms with van der Waals surface area (Å²) in [5.41, 5.74) is 2.29. The zero-order valence-electron chi connectivity index (χ0n) is 12.0. The van der Waals surface area contributed by atoms with Gasteiger partial charge in [-0.25, -0.2) is 0 Å². The number of halogens is 1. The molecule has 1 N–H and O–H groups in total. The van der Waals surface area contributed by atoms with Gasteiger partial charge in [0.25, 0.3) is 0 Å². The van der Waals surface area contributed by atoms with Crippen LogP contribution in [0.15, 0.2) is 16.6 Å². The fourth-order valence-corrected chi connectivity index (χ4v) is 2.55. The molecular weight excluding hydrogens is 320 g/mol. The molecule has 2 rings (SSSR count). The summed E-state index contributed by atoms with van der Waals surface area (Å²) in [6.45, 7) is 7.88. The molecule has 0 saturated carbocycles. The van der Waals surface area contributed by atoms with Crippen LogP contribution < -0.4 is 10.1 Å². The number of amides is 1. The van der Waals surface area contributed by atoms with Crippen LogP contribution in [0.5, 0.6) is 5.75 Å². The summed E-state index contributed by atoms with van der Waals surface area (Å²) >= 11 is 3.53. The number of nitrogens with one attached hydrogen (secondary N) is 1. The fraction of sp³-hybridized carbons (Fsp3) is 0.533. The molecule has 0 radical (unpaired) electrons. The molecule has 1 amide bonds. The second-order valence-corrected chi connectivity index (χ2v) is 5.89. The molecule has 110 valence electrons. The molecule has 0 aromatic heterocycles. The SMILES string of the molecule is Cc1cc(OCCC(=O)N2CCNCC2)cc(C)c1Br. The van der Waals surface area contributed by atoms with Gasteiger partial charge >= 0.3 is 0 Å². The number of hydrogen-bond acceptors (Lipinski definition) is 3. The van der Waals surface area contributed by atoms with Crippen molar-refractivity contribution >= 4 is 21.8 Å². The van der Waals surface area contributed by atoms with E-state index in [0.29, 0.717) is 13.0 Å². The van der Waals surface area contributed by atoms with Gasteiger partial charge in [0.2, 0.25) is 5.91 Å². The number of benzene rings is 1. The zero-order chi connectivity index (χ0) is 14.5. The lowest BCUT2D eigenvalue weighted by Gasteiger charge is -2.27. The Balaban J connectivity index is 1.82. The first-order valence-electron chi connectivity index (χ1n) is 6.96. The summed E-state index contributed by atoms with van der Waals surface area (Å²) in [4.78, 5) is 13.9. The predicted octanol–water partition coefficient (Wildman–Crippen LogP) is 2.27. The van der Waals surface area contributed by atoms with Gasteiger partial charge in [-0.15, -0.1) is 0 Å². The van der Waals surface area contributed by atoms with Gasteiger partial charge in [0, 0.05) is 30.7 Å². The van der Waals surface area contributed by atoms with Crippen molar-refractivity contribution < 1.29 is 9.53 Å². The molecule has 0 unspecified atom stereocenters. The number of hydrogen-bond donors (Lipinski definition) is 1. The molecule has 1 aliphatic rings. The molecule has 20 heavy (non-hydrogen) atoms. The maximum atomic E-state index is 12.0. The van der Waals surface area contributed by atoms with Crippen molar-refractivity contribution in [3.63, 3.8) is 0 Å². The molecule has 0 spiro atoms. The lowest BCUT2D eigenvalue weighted by atomic mass is 10.1. The van der Waals surface area contributed by atoms with Gasteiger partial charge in [0.05, 0.1) is 13.0 Å². The number of piperazine rings is 1. The molecule has 4 nitrogen and oxygen atoms in total. The summed E-state index contributed by atoms with van der Waals surface area (Å²) in [6, 6.07) is 3.98. The van der Waals surface area contributed by atoms with Gasteiger partial charge in [-0.3, -0.25) is 4.79 Å². The predicted molar refractivity (Wildman–Crippen MR) is 83.2 cm³/mol. The Labute approximate surface area is 128 Å². The number of rotatable bonds is 4. The minimum absolute atomic E-state index is 0.178. The topological polar surface area (TPSA) is 41.6 Å². The number of carbonyl (C=O) groups is 1. The average Bonchev–Trinajstić information content (AvgIpc) is 2.45. The molecule has 5 heteroatoms. The Kier molecular flexibility index (Phi) is 5.43. The van der Waals surface area contributed by atoms with E-state index in [1.807, 2.05) is 30.9 Å². The molecule has 1 fully saturated rings. The molecule has 0 bridgehead atoms. The van der Waals surface area contributed by atoms with Gasteiger partial charge in [-0.05, 0) is 37.1 Å². The van der Waals surface area contributed by atoms with Gasteiger partial charge in [-0.2, -0.15) is 0 Å². The van der Waals surface area contributed by atoms with E-state index in [2.05, 4.69) is 21.2 Å². The van der Waals surface area contributed by atoms with E-state index in [0.717, 1.165) is 47.5 Å². The average molecular weight is 341 g/mol. The van der Waals surface area contributed by atoms with Crippen LogP contribution in [0.4, 0.5) is 0 Å². The first-order chi connectivity index (χ1) is 9.58. The van der Waals surface area contributed by atoms with Crippen molar-refractivity contribution in [3.8, 4) is 5.75 Å². The Morgan fingerprint density at radius 3 is 2.50 bits per heavy atom. The molecule has 1 heterocycles. The summed E-state index contributed by atoms with van der Waals surface area (Å²) in [7, 11) is 0. The van der Waals surface area contributed by atoms with E-state index in [9.17, 15) is 4.79 Å². The van der Waals surface area contributed by atoms with Crippen LogP contribution in [-0.4, -0.2) is 43.6 Å². The summed E-state index contributed by atoms with van der Waals surface area (Å²) in [5, 5.41) is 3.24. The van der Waals surface area contributed by atoms with Crippen molar-refractivity contribution in [2.75, 3.05) is 32.8 Å². The molecule has 1 saturated heterocycles. The third-order valence-corrected chi connectivity index (χ3v) is 4.72. The molecule has 0 atom stereocenters. The van der Waals surface area contributed by atoms with E-state index in [1.54, 1.807) is 0 Å². The number of carbonyl (C=O) groups excluding carboxylic acids is 1. The third-order valence-electron chi connectivity index (χ3n) is 3.46. The van der Waals surface area contributed by atoms with Crippen molar-refractivity contribution in [1.82, 2.24) is 10.2 Å². The summed E-state index contributed by atoms with van der Waals surface area (Å²) < 4.78 is 6.81. The molecule has 1 aromatic rings. The van der Waals surface area contributed by atoms with Crippen LogP contribution in [0.1, 0.15) is 17.5 Å². The van der Waals surface area contributed by atoms with Crippen molar-refractivity contribution in [1.29, 1.82) is 0 Å². The van der Waals surface area contributed by atoms with Gasteiger partial charge in [-0.1, -0.05) is 15.9 Å². The maximum absolute atomic E-state index is 12.0. The van der Waals surface area contributed by atoms with Gasteiger partial charge in [0.15, 0.2) is 0 Å². The van der Waals surface area contributed by atoms with Crippen molar-refractivity contribution in [2.24, 2.45) is 0 Å². The van der Waals surface area contributed by atoms with Gasteiger partial charge in [0.1, 0.15) is 5.75 Å². The smallest absolute Gasteiger partial charge is 0.226 e. The highest BCUT2D eigenvalue weighted by Crippen LogP contribution is 2.26. The maximum Gasteiger partial charge on any atom is 0.226 e. The highest BCUT2D eigenvalue weighted by molar-refractivity contribution is 9.10. The van der Waals surface area contributed by atoms with Gasteiger partial charge < -0.3 is 15.0 Å². The monoisotopic (exact) mass is 340 g/mol. The highest BCUT2D eigenvalue weighted by Gasteiger charge is 2.15. The quantitative estimate of drug-likeness (QED) is 0.914. The largest absolute Gasteiger partial charge is 0.493 e. The lowest BCUT2D eigenvalue weighted by molar-refractivity contribution is -0.132. The number of nitrogens with zero attached hydrogens (tertiary/aromatic N) is 1. The van der Waals surface area contributed by atoms with E-state index in [1.165, 1.54) is 0 Å². The Bertz CT molecular complexity index is 462. The minimum Gasteiger partial charge on any atom is -0.493 e. The number of ether oxygens (including phenoxy) is 1. The second-order valence-electron chi connectivity index (χ2n) is 5.10. The Morgan fingerprint density at radius 2 is 1.90 bits per heavy atom. The van der Waals surface area contributed by atoms with Crippen LogP contribution in [-0.2, 0) is 4.79 Å². The fourth-order valence-electron chi connectivity index (χ4n) is 2.32. The molecular formula is C15H21BrN2O2. The first kappa shape index (κ1) is 15.3. The molecule has 1 aliphatic heterocycles. The molecule has 0 aliphatic carbocycles. The third kappa shape index (κ3) is 3.96. The van der Waals surface area contributed by atoms with Crippen molar-refractivity contribution in [3.05, 3.63) is 27.7 Å². The normalized spacial score (nSPS) is 15.2. The standard InChI is InChI=1S/C15H21BrN2O2/c1-11-9-13(10-12(2)15(11)16)20-8-3-14(19)18-6-4-17-5-7-18/h9-10,17H,3-8H2,1-2H3. The highest BCUT2D eigenvalue weighted by atomic mass is 79.9. The summed E-state index contributed by atoms with van der Waals surface area (Å²) in [6.07, 6.45) is 0.439.